The summed E-state index contributed by atoms with van der Waals surface area (Å²) in [5, 5.41) is 0. The number of nitrogens with zero attached hydrogens (tertiary/aromatic N) is 2. The van der Waals surface area contributed by atoms with E-state index in [-0.39, 0.29) is 30.0 Å². The molecule has 0 unspecified atom stereocenters. The van der Waals surface area contributed by atoms with E-state index in [1.54, 1.807) is 12.1 Å². The standard InChI is InChI=1S/C24H28FN3O/c1-27(22-14-21(26)17-12-18(22)13-17)24(29)28-11-10-15-4-2-3-5-20(15)23(28)16-6-8-19(25)9-7-16/h2-9,17-18,21-23H,10-14,26H2,1H3/t17?,18?,21-,22+,23-/m0/s1. The molecule has 0 saturated heterocycles. The lowest BCUT2D eigenvalue weighted by Gasteiger charge is -2.53. The Morgan fingerprint density at radius 3 is 2.52 bits per heavy atom. The van der Waals surface area contributed by atoms with E-state index < -0.39 is 0 Å². The monoisotopic (exact) mass is 393 g/mol. The maximum atomic E-state index is 13.7. The Bertz CT molecular complexity index is 909. The van der Waals surface area contributed by atoms with E-state index in [0.29, 0.717) is 18.4 Å². The quantitative estimate of drug-likeness (QED) is 0.840. The third-order valence-corrected chi connectivity index (χ3v) is 7.39. The van der Waals surface area contributed by atoms with Crippen LogP contribution in [0.5, 0.6) is 0 Å². The Kier molecular flexibility index (Phi) is 4.58. The second kappa shape index (κ2) is 7.13. The van der Waals surface area contributed by atoms with Crippen LogP contribution in [-0.2, 0) is 6.42 Å². The second-order valence-corrected chi connectivity index (χ2v) is 8.95. The van der Waals surface area contributed by atoms with Gasteiger partial charge in [-0.2, -0.15) is 0 Å². The van der Waals surface area contributed by atoms with Crippen LogP contribution in [-0.4, -0.2) is 41.5 Å². The van der Waals surface area contributed by atoms with E-state index in [1.807, 2.05) is 29.0 Å². The van der Waals surface area contributed by atoms with Crippen molar-refractivity contribution in [1.29, 1.82) is 0 Å². The maximum Gasteiger partial charge on any atom is 0.320 e. The fraction of sp³-hybridized carbons (Fsp3) is 0.458. The molecule has 6 rings (SSSR count). The van der Waals surface area contributed by atoms with Gasteiger partial charge in [-0.05, 0) is 66.3 Å². The number of fused-ring (bicyclic) bond motifs is 3. The van der Waals surface area contributed by atoms with Crippen LogP contribution in [0.25, 0.3) is 0 Å². The van der Waals surface area contributed by atoms with Crippen LogP contribution in [0.3, 0.4) is 0 Å². The van der Waals surface area contributed by atoms with E-state index in [2.05, 4.69) is 12.1 Å². The third-order valence-electron chi connectivity index (χ3n) is 7.39. The third kappa shape index (κ3) is 3.12. The van der Waals surface area contributed by atoms with Crippen LogP contribution in [0.4, 0.5) is 9.18 Å². The molecule has 2 N–H and O–H groups in total. The van der Waals surface area contributed by atoms with E-state index in [9.17, 15) is 9.18 Å². The molecule has 29 heavy (non-hydrogen) atoms. The van der Waals surface area contributed by atoms with Crippen molar-refractivity contribution >= 4 is 6.03 Å². The van der Waals surface area contributed by atoms with Crippen LogP contribution >= 0.6 is 0 Å². The molecule has 0 aromatic heterocycles. The number of urea groups is 1. The molecule has 3 saturated carbocycles. The Morgan fingerprint density at radius 2 is 1.79 bits per heavy atom. The van der Waals surface area contributed by atoms with Gasteiger partial charge in [0.15, 0.2) is 0 Å². The Labute approximate surface area is 171 Å². The zero-order valence-corrected chi connectivity index (χ0v) is 16.8. The van der Waals surface area contributed by atoms with Crippen molar-refractivity contribution in [2.24, 2.45) is 17.6 Å². The number of carbonyl (C=O) groups is 1. The highest BCUT2D eigenvalue weighted by Crippen LogP contribution is 2.47. The second-order valence-electron chi connectivity index (χ2n) is 8.95. The van der Waals surface area contributed by atoms with Crippen LogP contribution in [0.15, 0.2) is 48.5 Å². The normalized spacial score (nSPS) is 30.3. The van der Waals surface area contributed by atoms with Gasteiger partial charge >= 0.3 is 6.03 Å². The van der Waals surface area contributed by atoms with Gasteiger partial charge in [-0.25, -0.2) is 9.18 Å². The molecule has 2 aromatic rings. The van der Waals surface area contributed by atoms with Gasteiger partial charge in [-0.1, -0.05) is 36.4 Å². The van der Waals surface area contributed by atoms with Crippen molar-refractivity contribution in [3.63, 3.8) is 0 Å². The largest absolute Gasteiger partial charge is 0.327 e. The minimum atomic E-state index is -0.261. The molecular weight excluding hydrogens is 365 g/mol. The number of carbonyl (C=O) groups excluding carboxylic acids is 1. The lowest BCUT2D eigenvalue weighted by atomic mass is 9.60. The van der Waals surface area contributed by atoms with Crippen molar-refractivity contribution in [1.82, 2.24) is 9.80 Å². The molecule has 3 atom stereocenters. The molecule has 2 aromatic carbocycles. The number of halogens is 1. The molecule has 2 bridgehead atoms. The Hall–Kier alpha value is -2.40. The lowest BCUT2D eigenvalue weighted by molar-refractivity contribution is 0.00509. The van der Waals surface area contributed by atoms with E-state index >= 15 is 0 Å². The summed E-state index contributed by atoms with van der Waals surface area (Å²) in [6, 6.07) is 15.1. The summed E-state index contributed by atoms with van der Waals surface area (Å²) >= 11 is 0. The number of hydrogen-bond donors (Lipinski definition) is 1. The van der Waals surface area contributed by atoms with Crippen LogP contribution in [0.1, 0.15) is 42.0 Å². The van der Waals surface area contributed by atoms with Gasteiger partial charge in [0.25, 0.3) is 0 Å². The molecule has 1 heterocycles. The Balaban J connectivity index is 1.47. The van der Waals surface area contributed by atoms with E-state index in [0.717, 1.165) is 36.8 Å². The fourth-order valence-electron chi connectivity index (χ4n) is 5.63. The molecule has 3 aliphatic carbocycles. The summed E-state index contributed by atoms with van der Waals surface area (Å²) in [4.78, 5) is 17.6. The van der Waals surface area contributed by atoms with Crippen molar-refractivity contribution < 1.29 is 9.18 Å². The van der Waals surface area contributed by atoms with Crippen molar-refractivity contribution in [2.75, 3.05) is 13.6 Å². The molecule has 1 aliphatic heterocycles. The van der Waals surface area contributed by atoms with Gasteiger partial charge in [0.05, 0.1) is 6.04 Å². The van der Waals surface area contributed by atoms with Crippen LogP contribution in [0.2, 0.25) is 0 Å². The first-order chi connectivity index (χ1) is 14.0. The molecular formula is C24H28FN3O. The maximum absolute atomic E-state index is 13.7. The number of hydrogen-bond acceptors (Lipinski definition) is 2. The van der Waals surface area contributed by atoms with Gasteiger partial charge in [-0.3, -0.25) is 0 Å². The number of amides is 2. The zero-order valence-electron chi connectivity index (χ0n) is 16.8. The van der Waals surface area contributed by atoms with E-state index in [4.69, 9.17) is 5.73 Å². The van der Waals surface area contributed by atoms with Crippen molar-refractivity contribution in [3.05, 3.63) is 71.0 Å². The first kappa shape index (κ1) is 18.6. The van der Waals surface area contributed by atoms with Crippen molar-refractivity contribution in [3.8, 4) is 0 Å². The highest BCUT2D eigenvalue weighted by atomic mass is 19.1. The average molecular weight is 394 g/mol. The summed E-state index contributed by atoms with van der Waals surface area (Å²) < 4.78 is 13.6. The van der Waals surface area contributed by atoms with Gasteiger partial charge < -0.3 is 15.5 Å². The lowest BCUT2D eigenvalue weighted by Crippen LogP contribution is -2.60. The highest BCUT2D eigenvalue weighted by molar-refractivity contribution is 5.76. The Morgan fingerprint density at radius 1 is 1.07 bits per heavy atom. The summed E-state index contributed by atoms with van der Waals surface area (Å²) in [7, 11) is 1.93. The summed E-state index contributed by atoms with van der Waals surface area (Å²) in [6.45, 7) is 0.661. The summed E-state index contributed by atoms with van der Waals surface area (Å²) in [6.07, 6.45) is 4.02. The smallest absolute Gasteiger partial charge is 0.320 e. The molecule has 0 radical (unpaired) electrons. The minimum Gasteiger partial charge on any atom is -0.327 e. The highest BCUT2D eigenvalue weighted by Gasteiger charge is 2.48. The number of nitrogens with two attached hydrogens (primary N) is 1. The van der Waals surface area contributed by atoms with Crippen LogP contribution < -0.4 is 5.73 Å². The van der Waals surface area contributed by atoms with Gasteiger partial charge in [-0.15, -0.1) is 0 Å². The molecule has 4 nitrogen and oxygen atoms in total. The molecule has 5 heteroatoms. The molecule has 152 valence electrons. The molecule has 0 spiro atoms. The van der Waals surface area contributed by atoms with E-state index in [1.165, 1.54) is 17.7 Å². The zero-order chi connectivity index (χ0) is 20.1. The summed E-state index contributed by atoms with van der Waals surface area (Å²) in [5.41, 5.74) is 9.67. The van der Waals surface area contributed by atoms with Crippen LogP contribution in [0, 0.1) is 17.7 Å². The molecule has 3 fully saturated rings. The number of rotatable bonds is 2. The number of benzene rings is 2. The predicted octanol–water partition coefficient (Wildman–Crippen LogP) is 3.95. The average Bonchev–Trinajstić information content (AvgIpc) is 2.71. The predicted molar refractivity (Wildman–Crippen MR) is 111 cm³/mol. The topological polar surface area (TPSA) is 49.6 Å². The molecule has 4 aliphatic rings. The minimum absolute atomic E-state index is 0.0522. The fourth-order valence-corrected chi connectivity index (χ4v) is 5.63. The first-order valence-corrected chi connectivity index (χ1v) is 10.6. The molecule has 2 amide bonds. The summed E-state index contributed by atoms with van der Waals surface area (Å²) in [5.74, 6) is 0.965. The van der Waals surface area contributed by atoms with Gasteiger partial charge in [0, 0.05) is 25.7 Å². The van der Waals surface area contributed by atoms with Crippen molar-refractivity contribution in [2.45, 2.75) is 43.8 Å². The SMILES string of the molecule is CN(C(=O)N1CCc2ccccc2[C@@H]1c1ccc(F)cc1)[C@@H]1C[C@H](N)C2CC1C2. The van der Waals surface area contributed by atoms with Gasteiger partial charge in [0.2, 0.25) is 0 Å². The first-order valence-electron chi connectivity index (χ1n) is 10.6. The van der Waals surface area contributed by atoms with Gasteiger partial charge in [0.1, 0.15) is 5.82 Å².